The number of aryl methyl sites for hydroxylation is 1. The van der Waals surface area contributed by atoms with Crippen molar-refractivity contribution < 1.29 is 4.79 Å². The van der Waals surface area contributed by atoms with Crippen LogP contribution in [-0.4, -0.2) is 11.6 Å². The van der Waals surface area contributed by atoms with Crippen LogP contribution in [0.2, 0.25) is 0 Å². The standard InChI is InChI=1S/C14H17NO/c1-14(2,15-10-16)13-9-5-7-11-6-3-4-8-12(11)13/h3-4,6,8,13H,5,7,9H2,1-2H3. The number of aliphatic imine (C=N–C) groups is 1. The smallest absolute Gasteiger partial charge is 0.211 e. The van der Waals surface area contributed by atoms with E-state index >= 15 is 0 Å². The first-order chi connectivity index (χ1) is 7.65. The number of nitrogens with zero attached hydrogens (tertiary/aromatic N) is 1. The number of benzene rings is 1. The zero-order valence-corrected chi connectivity index (χ0v) is 9.86. The first-order valence-electron chi connectivity index (χ1n) is 5.82. The number of isocyanates is 1. The molecule has 2 nitrogen and oxygen atoms in total. The Hall–Kier alpha value is -1.40. The average Bonchev–Trinajstić information content (AvgIpc) is 2.28. The van der Waals surface area contributed by atoms with Crippen LogP contribution in [0.4, 0.5) is 0 Å². The molecule has 84 valence electrons. The Morgan fingerprint density at radius 3 is 2.88 bits per heavy atom. The van der Waals surface area contributed by atoms with Gasteiger partial charge < -0.3 is 0 Å². The van der Waals surface area contributed by atoms with Crippen LogP contribution in [0.5, 0.6) is 0 Å². The summed E-state index contributed by atoms with van der Waals surface area (Å²) in [7, 11) is 0. The first kappa shape index (κ1) is 11.1. The summed E-state index contributed by atoms with van der Waals surface area (Å²) in [5, 5.41) is 0. The summed E-state index contributed by atoms with van der Waals surface area (Å²) in [4.78, 5) is 14.5. The molecule has 0 aromatic heterocycles. The second-order valence-corrected chi connectivity index (χ2v) is 5.00. The minimum Gasteiger partial charge on any atom is -0.211 e. The third kappa shape index (κ3) is 1.94. The molecule has 0 saturated heterocycles. The zero-order chi connectivity index (χ0) is 11.6. The number of rotatable bonds is 2. The van der Waals surface area contributed by atoms with E-state index in [9.17, 15) is 4.79 Å². The molecule has 1 aliphatic rings. The van der Waals surface area contributed by atoms with Gasteiger partial charge >= 0.3 is 0 Å². The van der Waals surface area contributed by atoms with Crippen molar-refractivity contribution in [1.82, 2.24) is 0 Å². The van der Waals surface area contributed by atoms with Gasteiger partial charge in [0.15, 0.2) is 0 Å². The van der Waals surface area contributed by atoms with E-state index in [2.05, 4.69) is 29.3 Å². The predicted octanol–water partition coefficient (Wildman–Crippen LogP) is 3.22. The van der Waals surface area contributed by atoms with Crippen molar-refractivity contribution in [1.29, 1.82) is 0 Å². The second-order valence-electron chi connectivity index (χ2n) is 5.00. The van der Waals surface area contributed by atoms with Gasteiger partial charge in [-0.05, 0) is 44.2 Å². The Bertz CT molecular complexity index is 430. The number of hydrogen-bond donors (Lipinski definition) is 0. The normalized spacial score (nSPS) is 19.8. The molecule has 0 radical (unpaired) electrons. The molecule has 2 heteroatoms. The summed E-state index contributed by atoms with van der Waals surface area (Å²) in [6.07, 6.45) is 5.14. The molecule has 1 unspecified atom stereocenters. The Kier molecular flexibility index (Phi) is 2.93. The molecule has 0 bridgehead atoms. The molecule has 2 rings (SSSR count). The fraction of sp³-hybridized carbons (Fsp3) is 0.500. The van der Waals surface area contributed by atoms with Gasteiger partial charge in [0.05, 0.1) is 5.54 Å². The highest BCUT2D eigenvalue weighted by Crippen LogP contribution is 2.40. The molecular formula is C14H17NO. The summed E-state index contributed by atoms with van der Waals surface area (Å²) >= 11 is 0. The fourth-order valence-corrected chi connectivity index (χ4v) is 2.68. The Morgan fingerprint density at radius 1 is 1.38 bits per heavy atom. The fourth-order valence-electron chi connectivity index (χ4n) is 2.68. The molecule has 1 aromatic carbocycles. The molecular weight excluding hydrogens is 198 g/mol. The zero-order valence-electron chi connectivity index (χ0n) is 9.86. The summed E-state index contributed by atoms with van der Waals surface area (Å²) in [6, 6.07) is 8.50. The molecule has 16 heavy (non-hydrogen) atoms. The van der Waals surface area contributed by atoms with E-state index in [0.29, 0.717) is 5.92 Å². The summed E-state index contributed by atoms with van der Waals surface area (Å²) in [5.74, 6) is 0.346. The largest absolute Gasteiger partial charge is 0.235 e. The molecule has 0 spiro atoms. The summed E-state index contributed by atoms with van der Waals surface area (Å²) in [6.45, 7) is 4.04. The third-order valence-corrected chi connectivity index (χ3v) is 3.56. The monoisotopic (exact) mass is 215 g/mol. The molecule has 0 heterocycles. The highest BCUT2D eigenvalue weighted by Gasteiger charge is 2.33. The van der Waals surface area contributed by atoms with Crippen molar-refractivity contribution in [2.45, 2.75) is 44.6 Å². The topological polar surface area (TPSA) is 29.4 Å². The van der Waals surface area contributed by atoms with Crippen molar-refractivity contribution >= 4 is 6.08 Å². The molecule has 1 aliphatic carbocycles. The van der Waals surface area contributed by atoms with Crippen molar-refractivity contribution in [3.05, 3.63) is 35.4 Å². The van der Waals surface area contributed by atoms with E-state index in [0.717, 1.165) is 12.8 Å². The van der Waals surface area contributed by atoms with E-state index in [-0.39, 0.29) is 5.54 Å². The van der Waals surface area contributed by atoms with Crippen molar-refractivity contribution in [3.63, 3.8) is 0 Å². The van der Waals surface area contributed by atoms with Crippen LogP contribution < -0.4 is 0 Å². The van der Waals surface area contributed by atoms with E-state index in [4.69, 9.17) is 0 Å². The lowest BCUT2D eigenvalue weighted by atomic mass is 9.73. The number of hydrogen-bond acceptors (Lipinski definition) is 2. The molecule has 0 amide bonds. The molecule has 0 fully saturated rings. The van der Waals surface area contributed by atoms with Gasteiger partial charge in [0.1, 0.15) is 0 Å². The maximum atomic E-state index is 10.5. The van der Waals surface area contributed by atoms with Crippen molar-refractivity contribution in [3.8, 4) is 0 Å². The Balaban J connectivity index is 2.42. The third-order valence-electron chi connectivity index (χ3n) is 3.56. The van der Waals surface area contributed by atoms with Crippen molar-refractivity contribution in [2.24, 2.45) is 4.99 Å². The summed E-state index contributed by atoms with van der Waals surface area (Å²) in [5.41, 5.74) is 2.43. The highest BCUT2D eigenvalue weighted by molar-refractivity contribution is 5.39. The van der Waals surface area contributed by atoms with Gasteiger partial charge in [-0.25, -0.2) is 4.79 Å². The van der Waals surface area contributed by atoms with Gasteiger partial charge in [0, 0.05) is 5.92 Å². The second kappa shape index (κ2) is 4.23. The van der Waals surface area contributed by atoms with Crippen LogP contribution in [0, 0.1) is 0 Å². The molecule has 0 N–H and O–H groups in total. The van der Waals surface area contributed by atoms with Crippen LogP contribution in [0.1, 0.15) is 43.7 Å². The number of fused-ring (bicyclic) bond motifs is 1. The van der Waals surface area contributed by atoms with Crippen LogP contribution >= 0.6 is 0 Å². The van der Waals surface area contributed by atoms with Gasteiger partial charge in [-0.15, -0.1) is 0 Å². The van der Waals surface area contributed by atoms with Gasteiger partial charge in [-0.2, -0.15) is 4.99 Å². The average molecular weight is 215 g/mol. The lowest BCUT2D eigenvalue weighted by Crippen LogP contribution is -2.30. The van der Waals surface area contributed by atoms with Crippen LogP contribution in [0.25, 0.3) is 0 Å². The molecule has 1 aromatic rings. The molecule has 0 saturated carbocycles. The summed E-state index contributed by atoms with van der Waals surface area (Å²) < 4.78 is 0. The number of carbonyl (C=O) groups excluding carboxylic acids is 1. The maximum Gasteiger partial charge on any atom is 0.235 e. The van der Waals surface area contributed by atoms with Crippen LogP contribution in [0.3, 0.4) is 0 Å². The predicted molar refractivity (Wildman–Crippen MR) is 64.3 cm³/mol. The first-order valence-corrected chi connectivity index (χ1v) is 5.82. The SMILES string of the molecule is CC(C)(N=C=O)C1CCCc2ccccc21. The van der Waals surface area contributed by atoms with E-state index in [1.54, 1.807) is 6.08 Å². The quantitative estimate of drug-likeness (QED) is 0.550. The van der Waals surface area contributed by atoms with Crippen LogP contribution in [0.15, 0.2) is 29.3 Å². The van der Waals surface area contributed by atoms with Gasteiger partial charge in [0.25, 0.3) is 0 Å². The lowest BCUT2D eigenvalue weighted by molar-refractivity contribution is 0.368. The Labute approximate surface area is 96.4 Å². The maximum absolute atomic E-state index is 10.5. The van der Waals surface area contributed by atoms with E-state index < -0.39 is 0 Å². The van der Waals surface area contributed by atoms with Crippen molar-refractivity contribution in [2.75, 3.05) is 0 Å². The minimum absolute atomic E-state index is 0.335. The highest BCUT2D eigenvalue weighted by atomic mass is 16.1. The van der Waals surface area contributed by atoms with Gasteiger partial charge in [-0.3, -0.25) is 0 Å². The molecule has 1 atom stereocenters. The van der Waals surface area contributed by atoms with Gasteiger partial charge in [-0.1, -0.05) is 24.3 Å². The lowest BCUT2D eigenvalue weighted by Gasteiger charge is -2.34. The van der Waals surface area contributed by atoms with E-state index in [1.807, 2.05) is 13.8 Å². The Morgan fingerprint density at radius 2 is 2.12 bits per heavy atom. The van der Waals surface area contributed by atoms with Gasteiger partial charge in [0.2, 0.25) is 6.08 Å². The van der Waals surface area contributed by atoms with Crippen LogP contribution in [-0.2, 0) is 11.2 Å². The van der Waals surface area contributed by atoms with E-state index in [1.165, 1.54) is 17.5 Å². The molecule has 0 aliphatic heterocycles. The minimum atomic E-state index is -0.335.